The van der Waals surface area contributed by atoms with Crippen molar-refractivity contribution in [2.75, 3.05) is 12.3 Å². The maximum atomic E-state index is 11.2. The van der Waals surface area contributed by atoms with Gasteiger partial charge in [0.05, 0.1) is 12.3 Å². The van der Waals surface area contributed by atoms with Crippen LogP contribution in [-0.4, -0.2) is 17.6 Å². The minimum atomic E-state index is -0.499. The van der Waals surface area contributed by atoms with Crippen LogP contribution in [0.3, 0.4) is 0 Å². The standard InChI is InChI=1S/C8H9BrN2O2/c1-2-13-8(12)7-6(10)5(9)3-4-11-7/h3-4H,2,10H2,1H3. The Balaban J connectivity index is 3.01. The minimum absolute atomic E-state index is 0.149. The molecule has 2 N–H and O–H groups in total. The van der Waals surface area contributed by atoms with E-state index >= 15 is 0 Å². The first kappa shape index (κ1) is 9.98. The summed E-state index contributed by atoms with van der Waals surface area (Å²) in [6.45, 7) is 2.04. The number of pyridine rings is 1. The van der Waals surface area contributed by atoms with E-state index < -0.39 is 5.97 Å². The number of ether oxygens (including phenoxy) is 1. The van der Waals surface area contributed by atoms with Gasteiger partial charge in [-0.15, -0.1) is 0 Å². The van der Waals surface area contributed by atoms with E-state index in [2.05, 4.69) is 20.9 Å². The van der Waals surface area contributed by atoms with E-state index in [1.54, 1.807) is 13.0 Å². The largest absolute Gasteiger partial charge is 0.461 e. The predicted molar refractivity (Wildman–Crippen MR) is 52.3 cm³/mol. The Bertz CT molecular complexity index is 328. The van der Waals surface area contributed by atoms with Gasteiger partial charge in [-0.3, -0.25) is 0 Å². The predicted octanol–water partition coefficient (Wildman–Crippen LogP) is 1.60. The van der Waals surface area contributed by atoms with Crippen molar-refractivity contribution < 1.29 is 9.53 Å². The molecule has 0 spiro atoms. The summed E-state index contributed by atoms with van der Waals surface area (Å²) < 4.78 is 5.41. The number of carbonyl (C=O) groups excluding carboxylic acids is 1. The number of rotatable bonds is 2. The molecule has 0 saturated heterocycles. The highest BCUT2D eigenvalue weighted by molar-refractivity contribution is 9.10. The monoisotopic (exact) mass is 244 g/mol. The number of nitrogens with zero attached hydrogens (tertiary/aromatic N) is 1. The van der Waals surface area contributed by atoms with E-state index in [-0.39, 0.29) is 5.69 Å². The van der Waals surface area contributed by atoms with Gasteiger partial charge >= 0.3 is 5.97 Å². The molecule has 4 nitrogen and oxygen atoms in total. The van der Waals surface area contributed by atoms with E-state index in [0.29, 0.717) is 16.8 Å². The van der Waals surface area contributed by atoms with Crippen molar-refractivity contribution in [2.24, 2.45) is 0 Å². The molecule has 13 heavy (non-hydrogen) atoms. The zero-order chi connectivity index (χ0) is 9.84. The Labute approximate surface area is 84.2 Å². The molecule has 0 fully saturated rings. The van der Waals surface area contributed by atoms with Crippen LogP contribution in [0.1, 0.15) is 17.4 Å². The molecule has 0 atom stereocenters. The van der Waals surface area contributed by atoms with Gasteiger partial charge in [0.15, 0.2) is 5.69 Å². The third-order valence-electron chi connectivity index (χ3n) is 1.41. The number of hydrogen-bond donors (Lipinski definition) is 1. The summed E-state index contributed by atoms with van der Waals surface area (Å²) in [6, 6.07) is 1.66. The van der Waals surface area contributed by atoms with Crippen LogP contribution in [0, 0.1) is 0 Å². The smallest absolute Gasteiger partial charge is 0.359 e. The lowest BCUT2D eigenvalue weighted by atomic mass is 10.3. The summed E-state index contributed by atoms with van der Waals surface area (Å²) in [5, 5.41) is 0. The topological polar surface area (TPSA) is 65.2 Å². The molecule has 0 amide bonds. The van der Waals surface area contributed by atoms with Crippen molar-refractivity contribution in [3.05, 3.63) is 22.4 Å². The molecule has 1 aromatic heterocycles. The fourth-order valence-corrected chi connectivity index (χ4v) is 1.12. The van der Waals surface area contributed by atoms with Crippen LogP contribution in [0.5, 0.6) is 0 Å². The summed E-state index contributed by atoms with van der Waals surface area (Å²) in [4.78, 5) is 15.1. The molecule has 1 rings (SSSR count). The van der Waals surface area contributed by atoms with Gasteiger partial charge in [0.2, 0.25) is 0 Å². The van der Waals surface area contributed by atoms with Gasteiger partial charge in [0.25, 0.3) is 0 Å². The third kappa shape index (κ3) is 2.18. The van der Waals surface area contributed by atoms with E-state index in [1.165, 1.54) is 6.20 Å². The molecule has 0 aliphatic carbocycles. The molecule has 0 aromatic carbocycles. The fraction of sp³-hybridized carbons (Fsp3) is 0.250. The van der Waals surface area contributed by atoms with Gasteiger partial charge in [-0.05, 0) is 28.9 Å². The molecular weight excluding hydrogens is 236 g/mol. The number of halogens is 1. The highest BCUT2D eigenvalue weighted by atomic mass is 79.9. The second-order valence-electron chi connectivity index (χ2n) is 2.28. The van der Waals surface area contributed by atoms with E-state index in [4.69, 9.17) is 10.5 Å². The summed E-state index contributed by atoms with van der Waals surface area (Å²) in [7, 11) is 0. The SMILES string of the molecule is CCOC(=O)c1nccc(Br)c1N. The number of esters is 1. The number of nitrogen functional groups attached to an aromatic ring is 1. The summed E-state index contributed by atoms with van der Waals surface area (Å²) in [5.74, 6) is -0.499. The number of carbonyl (C=O) groups is 1. The van der Waals surface area contributed by atoms with Crippen LogP contribution < -0.4 is 5.73 Å². The van der Waals surface area contributed by atoms with E-state index in [0.717, 1.165) is 0 Å². The van der Waals surface area contributed by atoms with Crippen LogP contribution in [0.2, 0.25) is 0 Å². The van der Waals surface area contributed by atoms with E-state index in [9.17, 15) is 4.79 Å². The molecule has 5 heteroatoms. The number of nitrogens with two attached hydrogens (primary N) is 1. The van der Waals surface area contributed by atoms with Crippen molar-refractivity contribution in [3.63, 3.8) is 0 Å². The van der Waals surface area contributed by atoms with Crippen LogP contribution >= 0.6 is 15.9 Å². The first-order chi connectivity index (χ1) is 6.16. The second-order valence-corrected chi connectivity index (χ2v) is 3.13. The second kappa shape index (κ2) is 4.23. The zero-order valence-electron chi connectivity index (χ0n) is 7.08. The highest BCUT2D eigenvalue weighted by Crippen LogP contribution is 2.21. The van der Waals surface area contributed by atoms with Gasteiger partial charge in [-0.1, -0.05) is 0 Å². The maximum Gasteiger partial charge on any atom is 0.359 e. The summed E-state index contributed by atoms with van der Waals surface area (Å²) in [5.41, 5.74) is 6.06. The van der Waals surface area contributed by atoms with Crippen molar-refractivity contribution in [1.29, 1.82) is 0 Å². The van der Waals surface area contributed by atoms with E-state index in [1.807, 2.05) is 0 Å². The van der Waals surface area contributed by atoms with Gasteiger partial charge in [-0.25, -0.2) is 9.78 Å². The molecule has 0 saturated carbocycles. The van der Waals surface area contributed by atoms with Gasteiger partial charge in [0, 0.05) is 10.7 Å². The highest BCUT2D eigenvalue weighted by Gasteiger charge is 2.13. The molecule has 0 aliphatic heterocycles. The molecular formula is C8H9BrN2O2. The first-order valence-electron chi connectivity index (χ1n) is 3.74. The van der Waals surface area contributed by atoms with Crippen LogP contribution in [-0.2, 0) is 4.74 Å². The summed E-state index contributed by atoms with van der Waals surface area (Å²) >= 11 is 3.19. The lowest BCUT2D eigenvalue weighted by Gasteiger charge is -2.04. The Kier molecular flexibility index (Phi) is 3.25. The normalized spacial score (nSPS) is 9.69. The molecule has 0 bridgehead atoms. The lowest BCUT2D eigenvalue weighted by Crippen LogP contribution is -2.10. The molecule has 1 heterocycles. The quantitative estimate of drug-likeness (QED) is 0.803. The molecule has 70 valence electrons. The van der Waals surface area contributed by atoms with Gasteiger partial charge in [0.1, 0.15) is 0 Å². The van der Waals surface area contributed by atoms with Crippen LogP contribution in [0.4, 0.5) is 5.69 Å². The Morgan fingerprint density at radius 1 is 1.77 bits per heavy atom. The molecule has 1 aromatic rings. The maximum absolute atomic E-state index is 11.2. The van der Waals surface area contributed by atoms with Crippen LogP contribution in [0.15, 0.2) is 16.7 Å². The molecule has 0 aliphatic rings. The van der Waals surface area contributed by atoms with Gasteiger partial charge in [-0.2, -0.15) is 0 Å². The minimum Gasteiger partial charge on any atom is -0.461 e. The van der Waals surface area contributed by atoms with Crippen molar-refractivity contribution >= 4 is 27.6 Å². The third-order valence-corrected chi connectivity index (χ3v) is 2.10. The average Bonchev–Trinajstić information content (AvgIpc) is 2.10. The Morgan fingerprint density at radius 3 is 3.08 bits per heavy atom. The fourth-order valence-electron chi connectivity index (χ4n) is 0.812. The molecule has 0 unspecified atom stereocenters. The number of anilines is 1. The van der Waals surface area contributed by atoms with Crippen molar-refractivity contribution in [3.8, 4) is 0 Å². The number of aromatic nitrogens is 1. The number of hydrogen-bond acceptors (Lipinski definition) is 4. The first-order valence-corrected chi connectivity index (χ1v) is 4.53. The zero-order valence-corrected chi connectivity index (χ0v) is 8.67. The summed E-state index contributed by atoms with van der Waals surface area (Å²) in [6.07, 6.45) is 1.49. The Morgan fingerprint density at radius 2 is 2.46 bits per heavy atom. The lowest BCUT2D eigenvalue weighted by molar-refractivity contribution is 0.0521. The average molecular weight is 245 g/mol. The molecule has 0 radical (unpaired) electrons. The van der Waals surface area contributed by atoms with Crippen molar-refractivity contribution in [1.82, 2.24) is 4.98 Å². The van der Waals surface area contributed by atoms with Crippen molar-refractivity contribution in [2.45, 2.75) is 6.92 Å². The van der Waals surface area contributed by atoms with Crippen LogP contribution in [0.25, 0.3) is 0 Å². The Hall–Kier alpha value is -1.10. The van der Waals surface area contributed by atoms with Gasteiger partial charge < -0.3 is 10.5 Å².